The quantitative estimate of drug-likeness (QED) is 0.318. The number of carbonyl (C=O) groups is 2. The number of benzene rings is 2. The third-order valence-corrected chi connectivity index (χ3v) is 6.84. The lowest BCUT2D eigenvalue weighted by molar-refractivity contribution is -0.150. The van der Waals surface area contributed by atoms with E-state index in [9.17, 15) is 14.7 Å². The van der Waals surface area contributed by atoms with Gasteiger partial charge < -0.3 is 14.8 Å². The molecular formula is C31H40N2O4. The fraction of sp³-hybridized carbons (Fsp3) is 0.419. The highest BCUT2D eigenvalue weighted by atomic mass is 16.4. The van der Waals surface area contributed by atoms with Crippen molar-refractivity contribution in [1.82, 2.24) is 4.90 Å². The molecule has 198 valence electrons. The van der Waals surface area contributed by atoms with Gasteiger partial charge in [0, 0.05) is 18.2 Å². The van der Waals surface area contributed by atoms with Crippen LogP contribution < -0.4 is 5.32 Å². The maximum Gasteiger partial charge on any atom is 0.309 e. The van der Waals surface area contributed by atoms with E-state index >= 15 is 0 Å². The second-order valence-electron chi connectivity index (χ2n) is 11.7. The molecule has 0 fully saturated rings. The van der Waals surface area contributed by atoms with Crippen LogP contribution in [-0.4, -0.2) is 28.4 Å². The Morgan fingerprint density at radius 1 is 0.973 bits per heavy atom. The lowest BCUT2D eigenvalue weighted by Gasteiger charge is -2.40. The number of nitrogens with one attached hydrogen (secondary N) is 1. The highest BCUT2D eigenvalue weighted by molar-refractivity contribution is 5.93. The predicted octanol–water partition coefficient (Wildman–Crippen LogP) is 6.78. The monoisotopic (exact) mass is 504 g/mol. The van der Waals surface area contributed by atoms with Crippen LogP contribution in [0, 0.1) is 24.7 Å². The van der Waals surface area contributed by atoms with Crippen LogP contribution >= 0.6 is 0 Å². The van der Waals surface area contributed by atoms with Crippen LogP contribution in [-0.2, 0) is 22.7 Å². The summed E-state index contributed by atoms with van der Waals surface area (Å²) < 4.78 is 5.55. The van der Waals surface area contributed by atoms with Gasteiger partial charge in [-0.05, 0) is 68.0 Å². The molecule has 37 heavy (non-hydrogen) atoms. The lowest BCUT2D eigenvalue weighted by atomic mass is 9.63. The number of hydrogen-bond acceptors (Lipinski definition) is 4. The number of furan rings is 1. The van der Waals surface area contributed by atoms with E-state index in [4.69, 9.17) is 4.42 Å². The van der Waals surface area contributed by atoms with Gasteiger partial charge in [0.15, 0.2) is 0 Å². The van der Waals surface area contributed by atoms with Crippen LogP contribution in [0.4, 0.5) is 5.69 Å². The summed E-state index contributed by atoms with van der Waals surface area (Å²) in [6.07, 6.45) is 1.63. The number of aryl methyl sites for hydroxylation is 2. The fourth-order valence-electron chi connectivity index (χ4n) is 5.33. The molecule has 2 N–H and O–H groups in total. The number of amides is 1. The van der Waals surface area contributed by atoms with Crippen molar-refractivity contribution in [2.45, 2.75) is 67.5 Å². The highest BCUT2D eigenvalue weighted by Crippen LogP contribution is 2.47. The van der Waals surface area contributed by atoms with Crippen molar-refractivity contribution in [3.05, 3.63) is 88.9 Å². The van der Waals surface area contributed by atoms with Crippen molar-refractivity contribution in [2.75, 3.05) is 11.9 Å². The van der Waals surface area contributed by atoms with Crippen LogP contribution in [0.3, 0.4) is 0 Å². The Hall–Kier alpha value is -3.38. The van der Waals surface area contributed by atoms with E-state index < -0.39 is 11.4 Å². The fourth-order valence-corrected chi connectivity index (χ4v) is 5.33. The molecule has 0 saturated heterocycles. The largest absolute Gasteiger partial charge is 0.481 e. The average Bonchev–Trinajstić information content (AvgIpc) is 3.29. The molecule has 0 bridgehead atoms. The van der Waals surface area contributed by atoms with Crippen LogP contribution in [0.1, 0.15) is 68.6 Å². The second kappa shape index (κ2) is 11.3. The molecule has 1 atom stereocenters. The summed E-state index contributed by atoms with van der Waals surface area (Å²) >= 11 is 0. The Kier molecular flexibility index (Phi) is 8.64. The van der Waals surface area contributed by atoms with Gasteiger partial charge in [0.25, 0.3) is 0 Å². The average molecular weight is 505 g/mol. The zero-order valence-electron chi connectivity index (χ0n) is 23.1. The Bertz CT molecular complexity index is 1210. The van der Waals surface area contributed by atoms with E-state index in [0.717, 1.165) is 33.7 Å². The molecule has 6 nitrogen and oxygen atoms in total. The number of rotatable bonds is 10. The Morgan fingerprint density at radius 3 is 2.19 bits per heavy atom. The minimum Gasteiger partial charge on any atom is -0.481 e. The van der Waals surface area contributed by atoms with Gasteiger partial charge in [-0.25, -0.2) is 0 Å². The van der Waals surface area contributed by atoms with Crippen LogP contribution in [0.2, 0.25) is 0 Å². The number of hydrogen-bond donors (Lipinski definition) is 2. The van der Waals surface area contributed by atoms with Crippen LogP contribution in [0.25, 0.3) is 0 Å². The molecule has 0 saturated carbocycles. The highest BCUT2D eigenvalue weighted by Gasteiger charge is 2.44. The Labute approximate surface area is 220 Å². The summed E-state index contributed by atoms with van der Waals surface area (Å²) in [4.78, 5) is 27.1. The normalized spacial score (nSPS) is 13.0. The van der Waals surface area contributed by atoms with Gasteiger partial charge in [-0.3, -0.25) is 14.5 Å². The summed E-state index contributed by atoms with van der Waals surface area (Å²) in [7, 11) is 0. The first-order valence-corrected chi connectivity index (χ1v) is 12.7. The van der Waals surface area contributed by atoms with Gasteiger partial charge in [0.2, 0.25) is 5.91 Å². The summed E-state index contributed by atoms with van der Waals surface area (Å²) in [6.45, 7) is 15.1. The van der Waals surface area contributed by atoms with Gasteiger partial charge in [0.1, 0.15) is 5.76 Å². The summed E-state index contributed by atoms with van der Waals surface area (Å²) in [5, 5.41) is 12.9. The maximum absolute atomic E-state index is 13.0. The molecule has 3 rings (SSSR count). The molecule has 1 aromatic heterocycles. The van der Waals surface area contributed by atoms with Crippen molar-refractivity contribution < 1.29 is 19.1 Å². The van der Waals surface area contributed by atoms with Gasteiger partial charge in [0.05, 0.1) is 24.8 Å². The first-order chi connectivity index (χ1) is 17.3. The molecular weight excluding hydrogens is 464 g/mol. The molecule has 3 aromatic rings. The van der Waals surface area contributed by atoms with Crippen LogP contribution in [0.5, 0.6) is 0 Å². The van der Waals surface area contributed by atoms with Crippen molar-refractivity contribution in [2.24, 2.45) is 10.8 Å². The van der Waals surface area contributed by atoms with Crippen molar-refractivity contribution in [3.8, 4) is 0 Å². The van der Waals surface area contributed by atoms with Crippen molar-refractivity contribution >= 4 is 17.6 Å². The molecule has 0 aliphatic rings. The number of anilines is 1. The molecule has 1 unspecified atom stereocenters. The smallest absolute Gasteiger partial charge is 0.309 e. The molecule has 1 amide bonds. The predicted molar refractivity (Wildman–Crippen MR) is 147 cm³/mol. The van der Waals surface area contributed by atoms with Crippen molar-refractivity contribution in [1.29, 1.82) is 0 Å². The minimum atomic E-state index is -0.919. The molecule has 0 spiro atoms. The number of carbonyl (C=O) groups excluding carboxylic acids is 1. The molecule has 0 radical (unpaired) electrons. The van der Waals surface area contributed by atoms with E-state index in [2.05, 4.69) is 26.1 Å². The molecule has 0 aliphatic heterocycles. The number of nitrogens with zero attached hydrogens (tertiary/aromatic N) is 1. The van der Waals surface area contributed by atoms with Gasteiger partial charge in [-0.15, -0.1) is 0 Å². The molecule has 0 aliphatic carbocycles. The summed E-state index contributed by atoms with van der Waals surface area (Å²) in [6, 6.07) is 17.8. The SMILES string of the molecule is Cc1ccc(NC(=O)CN(Cc2ccc(C(C(C)(C)C)C(C)(C)C(=O)O)cc2)Cc2ccco2)c(C)c1. The molecule has 1 heterocycles. The van der Waals surface area contributed by atoms with E-state index in [0.29, 0.717) is 13.1 Å². The first-order valence-electron chi connectivity index (χ1n) is 12.7. The van der Waals surface area contributed by atoms with Crippen molar-refractivity contribution in [3.63, 3.8) is 0 Å². The Balaban J connectivity index is 1.79. The topological polar surface area (TPSA) is 82.8 Å². The zero-order valence-corrected chi connectivity index (χ0v) is 23.1. The van der Waals surface area contributed by atoms with E-state index in [1.807, 2.05) is 73.3 Å². The standard InChI is InChI=1S/C31H40N2O4/c1-21-10-15-26(22(2)17-21)32-27(34)20-33(19-25-9-8-16-37-25)18-23-11-13-24(14-12-23)28(30(3,4)5)31(6,7)29(35)36/h8-17,28H,18-20H2,1-7H3,(H,32,34)(H,35,36). The molecule has 2 aromatic carbocycles. The van der Waals surface area contributed by atoms with Gasteiger partial charge >= 0.3 is 5.97 Å². The summed E-state index contributed by atoms with van der Waals surface area (Å²) in [5.74, 6) is -0.289. The van der Waals surface area contributed by atoms with Crippen LogP contribution in [0.15, 0.2) is 65.3 Å². The third kappa shape index (κ3) is 7.32. The van der Waals surface area contributed by atoms with E-state index in [-0.39, 0.29) is 23.8 Å². The van der Waals surface area contributed by atoms with E-state index in [1.54, 1.807) is 20.1 Å². The maximum atomic E-state index is 13.0. The zero-order chi connectivity index (χ0) is 27.4. The first kappa shape index (κ1) is 28.2. The Morgan fingerprint density at radius 2 is 1.65 bits per heavy atom. The lowest BCUT2D eigenvalue weighted by Crippen LogP contribution is -2.38. The number of carboxylic acid groups (broad SMARTS) is 1. The molecule has 6 heteroatoms. The number of carboxylic acids is 1. The van der Waals surface area contributed by atoms with Gasteiger partial charge in [-0.2, -0.15) is 0 Å². The minimum absolute atomic E-state index is 0.0915. The number of aliphatic carboxylic acids is 1. The second-order valence-corrected chi connectivity index (χ2v) is 11.7. The van der Waals surface area contributed by atoms with Gasteiger partial charge in [-0.1, -0.05) is 62.7 Å². The van der Waals surface area contributed by atoms with E-state index in [1.165, 1.54) is 0 Å². The summed E-state index contributed by atoms with van der Waals surface area (Å²) in [5.41, 5.74) is 3.87. The third-order valence-electron chi connectivity index (χ3n) is 6.84.